The highest BCUT2D eigenvalue weighted by Crippen LogP contribution is 2.43. The van der Waals surface area contributed by atoms with Crippen LogP contribution in [0.25, 0.3) is 0 Å². The first-order valence-electron chi connectivity index (χ1n) is 25.7. The number of esters is 2. The van der Waals surface area contributed by atoms with Gasteiger partial charge < -0.3 is 18.9 Å². The number of phosphoric acid groups is 1. The second-order valence-electron chi connectivity index (χ2n) is 18.2. The lowest BCUT2D eigenvalue weighted by atomic mass is 10.1. The highest BCUT2D eigenvalue weighted by atomic mass is 31.2. The summed E-state index contributed by atoms with van der Waals surface area (Å²) >= 11 is 0. The van der Waals surface area contributed by atoms with Crippen molar-refractivity contribution in [2.75, 3.05) is 47.5 Å². The molecule has 2 unspecified atom stereocenters. The first-order chi connectivity index (χ1) is 31.0. The third-order valence-electron chi connectivity index (χ3n) is 10.7. The Morgan fingerprint density at radius 2 is 0.891 bits per heavy atom. The average Bonchev–Trinajstić information content (AvgIpc) is 3.25. The van der Waals surface area contributed by atoms with Gasteiger partial charge in [0.15, 0.2) is 6.10 Å². The van der Waals surface area contributed by atoms with Gasteiger partial charge in [0.25, 0.3) is 0 Å². The summed E-state index contributed by atoms with van der Waals surface area (Å²) in [6.07, 6.45) is 58.0. The highest BCUT2D eigenvalue weighted by Gasteiger charge is 2.27. The molecule has 2 atom stereocenters. The van der Waals surface area contributed by atoms with E-state index >= 15 is 0 Å². The Balaban J connectivity index is 4.30. The minimum Gasteiger partial charge on any atom is -0.462 e. The standard InChI is InChI=1S/C54H96NO8P/c1-6-8-10-12-14-16-18-20-22-24-25-26-27-28-29-31-33-35-37-39-41-43-45-47-54(57)63-52(51-62-64(58,59)61-49-48-55(3,4)5)50-60-53(56)46-44-42-40-38-36-34-32-30-23-21-19-17-15-13-11-9-7-2/h8,10,14,16,20-23,25-26,28-29,52H,6-7,9,11-13,15,17-19,24,27,30-51H2,1-5H3/p+1/b10-8-,16-14-,22-20-,23-21-,26-25-,29-28-. The van der Waals surface area contributed by atoms with Gasteiger partial charge in [0.2, 0.25) is 0 Å². The minimum absolute atomic E-state index is 0.0255. The molecule has 0 aliphatic rings. The molecule has 0 aromatic carbocycles. The van der Waals surface area contributed by atoms with Crippen molar-refractivity contribution in [1.82, 2.24) is 0 Å². The topological polar surface area (TPSA) is 108 Å². The molecule has 370 valence electrons. The third-order valence-corrected chi connectivity index (χ3v) is 11.7. The van der Waals surface area contributed by atoms with Crippen molar-refractivity contribution in [1.29, 1.82) is 0 Å². The van der Waals surface area contributed by atoms with E-state index in [0.717, 1.165) is 89.9 Å². The lowest BCUT2D eigenvalue weighted by molar-refractivity contribution is -0.870. The van der Waals surface area contributed by atoms with Crippen molar-refractivity contribution >= 4 is 19.8 Å². The van der Waals surface area contributed by atoms with Gasteiger partial charge in [-0.15, -0.1) is 0 Å². The smallest absolute Gasteiger partial charge is 0.462 e. The fourth-order valence-corrected chi connectivity index (χ4v) is 7.48. The van der Waals surface area contributed by atoms with Crippen molar-refractivity contribution in [2.45, 2.75) is 213 Å². The molecule has 0 saturated heterocycles. The van der Waals surface area contributed by atoms with Crippen molar-refractivity contribution in [3.63, 3.8) is 0 Å². The van der Waals surface area contributed by atoms with Crippen LogP contribution < -0.4 is 0 Å². The highest BCUT2D eigenvalue weighted by molar-refractivity contribution is 7.47. The largest absolute Gasteiger partial charge is 0.472 e. The van der Waals surface area contributed by atoms with Gasteiger partial charge in [-0.05, 0) is 83.5 Å². The van der Waals surface area contributed by atoms with Crippen LogP contribution in [0.3, 0.4) is 0 Å². The molecule has 9 nitrogen and oxygen atoms in total. The number of rotatable bonds is 46. The minimum atomic E-state index is -4.39. The number of ether oxygens (including phenoxy) is 2. The maximum absolute atomic E-state index is 12.8. The van der Waals surface area contributed by atoms with Gasteiger partial charge >= 0.3 is 19.8 Å². The number of hydrogen-bond donors (Lipinski definition) is 1. The number of phosphoric ester groups is 1. The molecule has 0 bridgehead atoms. The lowest BCUT2D eigenvalue weighted by Crippen LogP contribution is -2.37. The Morgan fingerprint density at radius 1 is 0.500 bits per heavy atom. The summed E-state index contributed by atoms with van der Waals surface area (Å²) in [6.45, 7) is 4.29. The normalized spacial score (nSPS) is 14.0. The van der Waals surface area contributed by atoms with E-state index in [4.69, 9.17) is 18.5 Å². The zero-order valence-corrected chi connectivity index (χ0v) is 42.6. The Hall–Kier alpha value is -2.55. The van der Waals surface area contributed by atoms with E-state index in [-0.39, 0.29) is 32.0 Å². The van der Waals surface area contributed by atoms with Crippen LogP contribution in [0.1, 0.15) is 206 Å². The number of unbranched alkanes of at least 4 members (excludes halogenated alkanes) is 20. The second kappa shape index (κ2) is 45.6. The molecule has 0 rings (SSSR count). The van der Waals surface area contributed by atoms with Crippen molar-refractivity contribution in [3.8, 4) is 0 Å². The molecule has 10 heteroatoms. The molecule has 0 aromatic rings. The monoisotopic (exact) mass is 919 g/mol. The van der Waals surface area contributed by atoms with Crippen molar-refractivity contribution in [3.05, 3.63) is 72.9 Å². The maximum atomic E-state index is 12.8. The van der Waals surface area contributed by atoms with Gasteiger partial charge in [-0.2, -0.15) is 0 Å². The Labute approximate surface area is 393 Å². The first kappa shape index (κ1) is 61.5. The second-order valence-corrected chi connectivity index (χ2v) is 19.6. The van der Waals surface area contributed by atoms with Crippen LogP contribution in [0, 0.1) is 0 Å². The van der Waals surface area contributed by atoms with E-state index in [1.165, 1.54) is 83.5 Å². The Bertz CT molecular complexity index is 1310. The molecule has 0 fully saturated rings. The SMILES string of the molecule is CC/C=C\C/C=C\C/C=C\C/C=C\C/C=C\CCCCCCCCCC(=O)OC(COC(=O)CCCCCCCCC/C=C\CCCCCCCC)COP(=O)(O)OCC[N+](C)(C)C. The summed E-state index contributed by atoms with van der Waals surface area (Å²) in [6, 6.07) is 0. The van der Waals surface area contributed by atoms with E-state index in [1.54, 1.807) is 0 Å². The summed E-state index contributed by atoms with van der Waals surface area (Å²) in [5.74, 6) is -0.817. The first-order valence-corrected chi connectivity index (χ1v) is 27.2. The number of allylic oxidation sites excluding steroid dienone is 12. The van der Waals surface area contributed by atoms with Crippen LogP contribution in [0.5, 0.6) is 0 Å². The van der Waals surface area contributed by atoms with Gasteiger partial charge in [-0.1, -0.05) is 183 Å². The lowest BCUT2D eigenvalue weighted by Gasteiger charge is -2.24. The number of carbonyl (C=O) groups excluding carboxylic acids is 2. The quantitative estimate of drug-likeness (QED) is 0.0211. The number of quaternary nitrogens is 1. The molecule has 64 heavy (non-hydrogen) atoms. The molecule has 0 aliphatic heterocycles. The van der Waals surface area contributed by atoms with Gasteiger partial charge in [-0.3, -0.25) is 18.6 Å². The van der Waals surface area contributed by atoms with Crippen molar-refractivity contribution < 1.29 is 42.1 Å². The zero-order valence-electron chi connectivity index (χ0n) is 41.7. The number of carbonyl (C=O) groups is 2. The Kier molecular flexibility index (Phi) is 43.8. The fraction of sp³-hybridized carbons (Fsp3) is 0.741. The van der Waals surface area contributed by atoms with E-state index in [2.05, 4.69) is 86.8 Å². The predicted octanol–water partition coefficient (Wildman–Crippen LogP) is 15.4. The predicted molar refractivity (Wildman–Crippen MR) is 270 cm³/mol. The summed E-state index contributed by atoms with van der Waals surface area (Å²) in [4.78, 5) is 35.6. The zero-order chi connectivity index (χ0) is 47.1. The number of nitrogens with zero attached hydrogens (tertiary/aromatic N) is 1. The van der Waals surface area contributed by atoms with E-state index in [0.29, 0.717) is 17.4 Å². The number of likely N-dealkylation sites (N-methyl/N-ethyl adjacent to an activating group) is 1. The summed E-state index contributed by atoms with van der Waals surface area (Å²) in [5, 5.41) is 0. The van der Waals surface area contributed by atoms with Crippen LogP contribution in [-0.4, -0.2) is 74.9 Å². The Morgan fingerprint density at radius 3 is 1.34 bits per heavy atom. The molecule has 0 aliphatic carbocycles. The average molecular weight is 919 g/mol. The van der Waals surface area contributed by atoms with Crippen LogP contribution >= 0.6 is 7.82 Å². The van der Waals surface area contributed by atoms with Gasteiger partial charge in [0.05, 0.1) is 27.7 Å². The molecule has 0 spiro atoms. The molecular formula is C54H97NO8P+. The van der Waals surface area contributed by atoms with E-state index in [1.807, 2.05) is 21.1 Å². The molecule has 0 radical (unpaired) electrons. The molecule has 0 heterocycles. The third kappa shape index (κ3) is 48.9. The number of hydrogen-bond acceptors (Lipinski definition) is 7. The van der Waals surface area contributed by atoms with Gasteiger partial charge in [-0.25, -0.2) is 4.57 Å². The van der Waals surface area contributed by atoms with Crippen LogP contribution in [0.4, 0.5) is 0 Å². The van der Waals surface area contributed by atoms with Crippen LogP contribution in [-0.2, 0) is 32.7 Å². The molecule has 1 N–H and O–H groups in total. The molecule has 0 amide bonds. The van der Waals surface area contributed by atoms with Crippen LogP contribution in [0.15, 0.2) is 72.9 Å². The molecule has 0 aromatic heterocycles. The van der Waals surface area contributed by atoms with Crippen LogP contribution in [0.2, 0.25) is 0 Å². The summed E-state index contributed by atoms with van der Waals surface area (Å²) < 4.78 is 34.4. The van der Waals surface area contributed by atoms with E-state index in [9.17, 15) is 19.0 Å². The van der Waals surface area contributed by atoms with Gasteiger partial charge in [0, 0.05) is 12.8 Å². The summed E-state index contributed by atoms with van der Waals surface area (Å²) in [5.41, 5.74) is 0. The maximum Gasteiger partial charge on any atom is 0.472 e. The molecule has 0 saturated carbocycles. The fourth-order valence-electron chi connectivity index (χ4n) is 6.74. The molecular weight excluding hydrogens is 822 g/mol. The summed E-state index contributed by atoms with van der Waals surface area (Å²) in [7, 11) is 1.46. The van der Waals surface area contributed by atoms with E-state index < -0.39 is 26.5 Å². The van der Waals surface area contributed by atoms with Gasteiger partial charge in [0.1, 0.15) is 19.8 Å². The van der Waals surface area contributed by atoms with Crippen molar-refractivity contribution in [2.24, 2.45) is 0 Å².